The van der Waals surface area contributed by atoms with Crippen molar-refractivity contribution in [3.05, 3.63) is 6.33 Å². The zero-order valence-corrected chi connectivity index (χ0v) is 11.7. The summed E-state index contributed by atoms with van der Waals surface area (Å²) in [7, 11) is 0. The number of nitrogens with zero attached hydrogens (tertiary/aromatic N) is 4. The summed E-state index contributed by atoms with van der Waals surface area (Å²) < 4.78 is 20.4. The number of hydrogen-bond acceptors (Lipinski definition) is 8. The second kappa shape index (κ2) is 5.00. The SMILES string of the molecule is C[C@]1(CO)O[C@@H](n2cnc3c(O)nc(N)nc32)[C@@H](CF)[C@@H]1O. The highest BCUT2D eigenvalue weighted by Crippen LogP contribution is 2.42. The lowest BCUT2D eigenvalue weighted by Crippen LogP contribution is -2.42. The zero-order chi connectivity index (χ0) is 16.1. The van der Waals surface area contributed by atoms with E-state index in [9.17, 15) is 19.7 Å². The highest BCUT2D eigenvalue weighted by atomic mass is 19.1. The molecule has 3 heterocycles. The number of nitrogens with two attached hydrogens (primary N) is 1. The van der Waals surface area contributed by atoms with Gasteiger partial charge in [-0.25, -0.2) is 4.98 Å². The molecule has 1 aliphatic heterocycles. The van der Waals surface area contributed by atoms with Gasteiger partial charge in [0.1, 0.15) is 11.8 Å². The molecule has 5 N–H and O–H groups in total. The van der Waals surface area contributed by atoms with Crippen molar-refractivity contribution in [1.82, 2.24) is 19.5 Å². The molecule has 4 atom stereocenters. The number of anilines is 1. The first-order chi connectivity index (χ1) is 10.4. The molecular weight excluding hydrogens is 297 g/mol. The number of aliphatic hydroxyl groups excluding tert-OH is 2. The highest BCUT2D eigenvalue weighted by Gasteiger charge is 2.52. The molecule has 1 aliphatic rings. The maximum atomic E-state index is 13.4. The minimum Gasteiger partial charge on any atom is -0.492 e. The fourth-order valence-corrected chi connectivity index (χ4v) is 2.70. The molecule has 0 saturated carbocycles. The van der Waals surface area contributed by atoms with Gasteiger partial charge >= 0.3 is 0 Å². The second-order valence-electron chi connectivity index (χ2n) is 5.47. The summed E-state index contributed by atoms with van der Waals surface area (Å²) in [5.74, 6) is -1.50. The van der Waals surface area contributed by atoms with Gasteiger partial charge < -0.3 is 25.8 Å². The van der Waals surface area contributed by atoms with Crippen molar-refractivity contribution in [3.63, 3.8) is 0 Å². The molecule has 0 spiro atoms. The predicted molar refractivity (Wildman–Crippen MR) is 72.5 cm³/mol. The summed E-state index contributed by atoms with van der Waals surface area (Å²) in [5.41, 5.74) is 4.43. The van der Waals surface area contributed by atoms with Gasteiger partial charge in [-0.15, -0.1) is 0 Å². The van der Waals surface area contributed by atoms with E-state index in [2.05, 4.69) is 15.0 Å². The van der Waals surface area contributed by atoms with Gasteiger partial charge in [-0.05, 0) is 6.92 Å². The van der Waals surface area contributed by atoms with Crippen molar-refractivity contribution in [3.8, 4) is 5.88 Å². The van der Waals surface area contributed by atoms with Crippen LogP contribution in [-0.4, -0.2) is 59.8 Å². The smallest absolute Gasteiger partial charge is 0.244 e. The molecule has 1 fully saturated rings. The largest absolute Gasteiger partial charge is 0.492 e. The van der Waals surface area contributed by atoms with Crippen LogP contribution in [0.15, 0.2) is 6.33 Å². The molecule has 0 unspecified atom stereocenters. The molecule has 0 amide bonds. The summed E-state index contributed by atoms with van der Waals surface area (Å²) >= 11 is 0. The van der Waals surface area contributed by atoms with Gasteiger partial charge in [-0.2, -0.15) is 9.97 Å². The summed E-state index contributed by atoms with van der Waals surface area (Å²) in [6.45, 7) is 0.143. The van der Waals surface area contributed by atoms with Crippen molar-refractivity contribution in [1.29, 1.82) is 0 Å². The molecule has 10 heteroatoms. The van der Waals surface area contributed by atoms with Gasteiger partial charge in [0.25, 0.3) is 0 Å². The van der Waals surface area contributed by atoms with E-state index in [0.29, 0.717) is 0 Å². The summed E-state index contributed by atoms with van der Waals surface area (Å²) in [4.78, 5) is 11.5. The lowest BCUT2D eigenvalue weighted by Gasteiger charge is -2.25. The van der Waals surface area contributed by atoms with Crippen LogP contribution in [0.5, 0.6) is 5.88 Å². The summed E-state index contributed by atoms with van der Waals surface area (Å²) in [6, 6.07) is 0. The minimum absolute atomic E-state index is 0.0856. The van der Waals surface area contributed by atoms with Crippen molar-refractivity contribution in [2.24, 2.45) is 5.92 Å². The monoisotopic (exact) mass is 313 g/mol. The normalized spacial score (nSPS) is 31.9. The number of alkyl halides is 1. The van der Waals surface area contributed by atoms with E-state index in [1.165, 1.54) is 17.8 Å². The molecule has 3 rings (SSSR count). The maximum Gasteiger partial charge on any atom is 0.244 e. The van der Waals surface area contributed by atoms with Crippen molar-refractivity contribution in [2.45, 2.75) is 24.9 Å². The van der Waals surface area contributed by atoms with Gasteiger partial charge in [-0.3, -0.25) is 8.96 Å². The Morgan fingerprint density at radius 3 is 2.86 bits per heavy atom. The Hall–Kier alpha value is -2.04. The minimum atomic E-state index is -1.31. The van der Waals surface area contributed by atoms with E-state index >= 15 is 0 Å². The molecule has 1 saturated heterocycles. The number of halogens is 1. The van der Waals surface area contributed by atoms with Crippen LogP contribution in [0.3, 0.4) is 0 Å². The van der Waals surface area contributed by atoms with Gasteiger partial charge in [0.05, 0.1) is 31.6 Å². The Morgan fingerprint density at radius 2 is 2.23 bits per heavy atom. The number of hydrogen-bond donors (Lipinski definition) is 4. The Kier molecular flexibility index (Phi) is 3.38. The van der Waals surface area contributed by atoms with Crippen molar-refractivity contribution >= 4 is 17.1 Å². The second-order valence-corrected chi connectivity index (χ2v) is 5.47. The zero-order valence-electron chi connectivity index (χ0n) is 11.7. The molecule has 22 heavy (non-hydrogen) atoms. The van der Waals surface area contributed by atoms with E-state index in [4.69, 9.17) is 10.5 Å². The van der Waals surface area contributed by atoms with E-state index in [1.54, 1.807) is 0 Å². The lowest BCUT2D eigenvalue weighted by atomic mass is 9.92. The van der Waals surface area contributed by atoms with Crippen LogP contribution in [0.4, 0.5) is 10.3 Å². The Balaban J connectivity index is 2.11. The van der Waals surface area contributed by atoms with Gasteiger partial charge in [0.2, 0.25) is 11.8 Å². The number of aliphatic hydroxyl groups is 2. The van der Waals surface area contributed by atoms with Crippen LogP contribution in [0, 0.1) is 5.92 Å². The van der Waals surface area contributed by atoms with Crippen LogP contribution < -0.4 is 5.73 Å². The van der Waals surface area contributed by atoms with Crippen LogP contribution >= 0.6 is 0 Å². The first kappa shape index (κ1) is 14.9. The van der Waals surface area contributed by atoms with E-state index in [-0.39, 0.29) is 17.1 Å². The Labute approximate surface area is 124 Å². The van der Waals surface area contributed by atoms with Crippen molar-refractivity contribution < 1.29 is 24.4 Å². The number of ether oxygens (including phenoxy) is 1. The third kappa shape index (κ3) is 1.99. The molecule has 0 bridgehead atoms. The van der Waals surface area contributed by atoms with Crippen LogP contribution in [0.25, 0.3) is 11.2 Å². The highest BCUT2D eigenvalue weighted by molar-refractivity contribution is 5.77. The average molecular weight is 313 g/mol. The van der Waals surface area contributed by atoms with Crippen LogP contribution in [0.1, 0.15) is 13.2 Å². The van der Waals surface area contributed by atoms with Crippen LogP contribution in [0.2, 0.25) is 0 Å². The van der Waals surface area contributed by atoms with E-state index in [1.807, 2.05) is 0 Å². The summed E-state index contributed by atoms with van der Waals surface area (Å²) in [6.07, 6.45) is -0.865. The number of nitrogen functional groups attached to an aromatic ring is 1. The first-order valence-corrected chi connectivity index (χ1v) is 6.63. The topological polar surface area (TPSA) is 140 Å². The van der Waals surface area contributed by atoms with E-state index < -0.39 is 43.0 Å². The molecule has 0 radical (unpaired) electrons. The quantitative estimate of drug-likeness (QED) is 0.585. The average Bonchev–Trinajstić information content (AvgIpc) is 3.00. The van der Waals surface area contributed by atoms with E-state index in [0.717, 1.165) is 0 Å². The summed E-state index contributed by atoms with van der Waals surface area (Å²) in [5, 5.41) is 29.3. The third-order valence-corrected chi connectivity index (χ3v) is 3.97. The number of fused-ring (bicyclic) bond motifs is 1. The van der Waals surface area contributed by atoms with Gasteiger partial charge in [0, 0.05) is 0 Å². The predicted octanol–water partition coefficient (Wildman–Crippen LogP) is -0.660. The van der Waals surface area contributed by atoms with Crippen LogP contribution in [-0.2, 0) is 4.74 Å². The molecule has 120 valence electrons. The third-order valence-electron chi connectivity index (χ3n) is 3.97. The molecule has 0 aliphatic carbocycles. The maximum absolute atomic E-state index is 13.4. The van der Waals surface area contributed by atoms with Gasteiger partial charge in [-0.1, -0.05) is 0 Å². The Morgan fingerprint density at radius 1 is 1.50 bits per heavy atom. The number of aromatic hydroxyl groups is 1. The fourth-order valence-electron chi connectivity index (χ4n) is 2.70. The Bertz CT molecular complexity index is 710. The standard InChI is InChI=1S/C12H16FN5O4/c1-12(3-19)7(20)5(2-13)10(22-12)18-4-15-6-8(18)16-11(14)17-9(6)21/h4-5,7,10,19-20H,2-3H2,1H3,(H3,14,16,17,21)/t5-,7-,10+,12+/m0/s1. The molecule has 0 aromatic carbocycles. The molecule has 9 nitrogen and oxygen atoms in total. The number of rotatable bonds is 3. The number of aromatic nitrogens is 4. The number of imidazole rings is 1. The fraction of sp³-hybridized carbons (Fsp3) is 0.583. The lowest BCUT2D eigenvalue weighted by molar-refractivity contribution is -0.115. The molecular formula is C12H16FN5O4. The first-order valence-electron chi connectivity index (χ1n) is 6.63. The van der Waals surface area contributed by atoms with Gasteiger partial charge in [0.15, 0.2) is 11.2 Å². The molecule has 2 aromatic rings. The molecule has 2 aromatic heterocycles. The van der Waals surface area contributed by atoms with Crippen molar-refractivity contribution in [2.75, 3.05) is 19.0 Å².